The van der Waals surface area contributed by atoms with Gasteiger partial charge in [0.05, 0.1) is 32.9 Å². The molecule has 0 unspecified atom stereocenters. The summed E-state index contributed by atoms with van der Waals surface area (Å²) in [6, 6.07) is 7.02. The molecule has 0 atom stereocenters. The van der Waals surface area contributed by atoms with Crippen LogP contribution in [-0.4, -0.2) is 31.4 Å². The molecule has 0 aliphatic heterocycles. The molecule has 0 fully saturated rings. The van der Waals surface area contributed by atoms with E-state index in [-0.39, 0.29) is 23.1 Å². The van der Waals surface area contributed by atoms with Crippen LogP contribution in [0.15, 0.2) is 35.3 Å². The highest BCUT2D eigenvalue weighted by molar-refractivity contribution is 9.08. The summed E-state index contributed by atoms with van der Waals surface area (Å²) in [5, 5.41) is 0.264. The third kappa shape index (κ3) is 4.22. The molecule has 134 valence electrons. The topological polar surface area (TPSA) is 66.8 Å². The second-order valence-electron chi connectivity index (χ2n) is 5.17. The lowest BCUT2D eigenvalue weighted by Crippen LogP contribution is -2.26. The monoisotopic (exact) mass is 409 g/mol. The number of hydrogen-bond donors (Lipinski definition) is 0. The number of halogens is 1. The molecule has 0 radical (unpaired) electrons. The van der Waals surface area contributed by atoms with Crippen molar-refractivity contribution in [3.8, 4) is 11.5 Å². The maximum absolute atomic E-state index is 12.7. The Morgan fingerprint density at radius 1 is 1.20 bits per heavy atom. The van der Waals surface area contributed by atoms with Crippen LogP contribution in [0.2, 0.25) is 0 Å². The van der Waals surface area contributed by atoms with E-state index in [2.05, 4.69) is 15.9 Å². The highest BCUT2D eigenvalue weighted by atomic mass is 79.9. The number of pyridine rings is 1. The summed E-state index contributed by atoms with van der Waals surface area (Å²) in [7, 11) is 3.14. The molecule has 0 amide bonds. The lowest BCUT2D eigenvalue weighted by atomic mass is 10.1. The van der Waals surface area contributed by atoms with Crippen molar-refractivity contribution in [3.63, 3.8) is 0 Å². The fraction of sp³-hybridized carbons (Fsp3) is 0.333. The van der Waals surface area contributed by atoms with Crippen LogP contribution in [0, 0.1) is 0 Å². The third-order valence-electron chi connectivity index (χ3n) is 3.73. The molecule has 0 aliphatic carbocycles. The van der Waals surface area contributed by atoms with E-state index < -0.39 is 5.97 Å². The Morgan fingerprint density at radius 3 is 2.56 bits per heavy atom. The molecule has 1 aromatic carbocycles. The SMILES string of the molecule is CCOC(=O)c1ccn(Cc2ccc(OC)cc2OC)c(=O)c1CBr. The zero-order valence-corrected chi connectivity index (χ0v) is 16.0. The number of ether oxygens (including phenoxy) is 3. The molecule has 25 heavy (non-hydrogen) atoms. The van der Waals surface area contributed by atoms with Gasteiger partial charge in [0.2, 0.25) is 0 Å². The Balaban J connectivity index is 2.41. The lowest BCUT2D eigenvalue weighted by molar-refractivity contribution is 0.0525. The van der Waals surface area contributed by atoms with E-state index in [1.165, 1.54) is 4.57 Å². The van der Waals surface area contributed by atoms with Crippen LogP contribution in [0.4, 0.5) is 0 Å². The van der Waals surface area contributed by atoms with Crippen molar-refractivity contribution in [1.82, 2.24) is 4.57 Å². The maximum Gasteiger partial charge on any atom is 0.338 e. The first kappa shape index (κ1) is 19.1. The molecule has 2 aromatic rings. The summed E-state index contributed by atoms with van der Waals surface area (Å²) in [4.78, 5) is 24.7. The Hall–Kier alpha value is -2.28. The van der Waals surface area contributed by atoms with E-state index in [9.17, 15) is 9.59 Å². The molecule has 0 saturated carbocycles. The number of carbonyl (C=O) groups is 1. The van der Waals surface area contributed by atoms with Gasteiger partial charge in [0.1, 0.15) is 11.5 Å². The van der Waals surface area contributed by atoms with Gasteiger partial charge in [0.25, 0.3) is 5.56 Å². The minimum absolute atomic E-state index is 0.250. The fourth-order valence-electron chi connectivity index (χ4n) is 2.44. The highest BCUT2D eigenvalue weighted by Gasteiger charge is 2.17. The quantitative estimate of drug-likeness (QED) is 0.519. The Labute approximate surface area is 154 Å². The standard InChI is InChI=1S/C18H20BrNO5/c1-4-25-18(22)14-7-8-20(17(21)15(14)10-19)11-12-5-6-13(23-2)9-16(12)24-3/h5-9H,4,10-11H2,1-3H3. The third-order valence-corrected chi connectivity index (χ3v) is 4.29. The summed E-state index contributed by atoms with van der Waals surface area (Å²) in [6.07, 6.45) is 1.59. The van der Waals surface area contributed by atoms with Gasteiger partial charge in [-0.05, 0) is 25.1 Å². The number of rotatable bonds is 7. The van der Waals surface area contributed by atoms with Crippen LogP contribution in [0.25, 0.3) is 0 Å². The first-order valence-corrected chi connectivity index (χ1v) is 8.84. The van der Waals surface area contributed by atoms with E-state index in [0.717, 1.165) is 5.56 Å². The first-order chi connectivity index (χ1) is 12.0. The van der Waals surface area contributed by atoms with Crippen molar-refractivity contribution in [2.24, 2.45) is 0 Å². The zero-order valence-electron chi connectivity index (χ0n) is 14.4. The van der Waals surface area contributed by atoms with Gasteiger partial charge in [-0.2, -0.15) is 0 Å². The number of alkyl halides is 1. The molecule has 0 saturated heterocycles. The largest absolute Gasteiger partial charge is 0.497 e. The predicted molar refractivity (Wildman–Crippen MR) is 97.9 cm³/mol. The van der Waals surface area contributed by atoms with E-state index in [4.69, 9.17) is 14.2 Å². The van der Waals surface area contributed by atoms with Crippen molar-refractivity contribution in [2.45, 2.75) is 18.8 Å². The Morgan fingerprint density at radius 2 is 1.96 bits per heavy atom. The molecule has 0 aliphatic rings. The van der Waals surface area contributed by atoms with Gasteiger partial charge in [-0.15, -0.1) is 0 Å². The number of methoxy groups -OCH3 is 2. The number of carbonyl (C=O) groups excluding carboxylic acids is 1. The molecule has 2 rings (SSSR count). The van der Waals surface area contributed by atoms with Crippen molar-refractivity contribution in [3.05, 3.63) is 57.5 Å². The Kier molecular flexibility index (Phi) is 6.64. The fourth-order valence-corrected chi connectivity index (χ4v) is 2.98. The van der Waals surface area contributed by atoms with Crippen LogP contribution in [-0.2, 0) is 16.6 Å². The molecular formula is C18H20BrNO5. The van der Waals surface area contributed by atoms with Gasteiger partial charge < -0.3 is 18.8 Å². The average Bonchev–Trinajstić information content (AvgIpc) is 2.63. The second kappa shape index (κ2) is 8.71. The van der Waals surface area contributed by atoms with Crippen LogP contribution < -0.4 is 15.0 Å². The maximum atomic E-state index is 12.7. The minimum Gasteiger partial charge on any atom is -0.497 e. The summed E-state index contributed by atoms with van der Waals surface area (Å²) >= 11 is 3.28. The first-order valence-electron chi connectivity index (χ1n) is 7.72. The lowest BCUT2D eigenvalue weighted by Gasteiger charge is -2.14. The van der Waals surface area contributed by atoms with E-state index >= 15 is 0 Å². The number of hydrogen-bond acceptors (Lipinski definition) is 5. The molecule has 0 bridgehead atoms. The molecular weight excluding hydrogens is 390 g/mol. The summed E-state index contributed by atoms with van der Waals surface area (Å²) in [5.74, 6) is 0.802. The van der Waals surface area contributed by atoms with Crippen LogP contribution in [0.5, 0.6) is 11.5 Å². The Bertz CT molecular complexity index is 816. The van der Waals surface area contributed by atoms with Gasteiger partial charge in [-0.25, -0.2) is 4.79 Å². The highest BCUT2D eigenvalue weighted by Crippen LogP contribution is 2.25. The summed E-state index contributed by atoms with van der Waals surface area (Å²) in [6.45, 7) is 2.30. The van der Waals surface area contributed by atoms with Gasteiger partial charge >= 0.3 is 5.97 Å². The number of esters is 1. The number of nitrogens with zero attached hydrogens (tertiary/aromatic N) is 1. The van der Waals surface area contributed by atoms with Crippen molar-refractivity contribution < 1.29 is 19.0 Å². The summed E-state index contributed by atoms with van der Waals surface area (Å²) in [5.41, 5.74) is 1.23. The van der Waals surface area contributed by atoms with Crippen LogP contribution in [0.1, 0.15) is 28.4 Å². The van der Waals surface area contributed by atoms with Crippen LogP contribution >= 0.6 is 15.9 Å². The predicted octanol–water partition coefficient (Wildman–Crippen LogP) is 2.99. The minimum atomic E-state index is -0.497. The zero-order chi connectivity index (χ0) is 18.4. The second-order valence-corrected chi connectivity index (χ2v) is 5.73. The average molecular weight is 410 g/mol. The van der Waals surface area contributed by atoms with E-state index in [0.29, 0.717) is 23.6 Å². The molecule has 1 aromatic heterocycles. The molecule has 6 nitrogen and oxygen atoms in total. The van der Waals surface area contributed by atoms with Crippen molar-refractivity contribution in [2.75, 3.05) is 20.8 Å². The van der Waals surface area contributed by atoms with Gasteiger partial charge in [0, 0.05) is 28.7 Å². The van der Waals surface area contributed by atoms with E-state index in [1.54, 1.807) is 45.5 Å². The van der Waals surface area contributed by atoms with Crippen molar-refractivity contribution in [1.29, 1.82) is 0 Å². The molecule has 0 N–H and O–H groups in total. The van der Waals surface area contributed by atoms with Crippen molar-refractivity contribution >= 4 is 21.9 Å². The molecule has 0 spiro atoms. The number of aromatic nitrogens is 1. The smallest absolute Gasteiger partial charge is 0.338 e. The van der Waals surface area contributed by atoms with Gasteiger partial charge in [-0.1, -0.05) is 15.9 Å². The van der Waals surface area contributed by atoms with Crippen LogP contribution in [0.3, 0.4) is 0 Å². The van der Waals surface area contributed by atoms with Gasteiger partial charge in [-0.3, -0.25) is 4.79 Å². The normalized spacial score (nSPS) is 10.4. The molecule has 7 heteroatoms. The molecule has 1 heterocycles. The summed E-state index contributed by atoms with van der Waals surface area (Å²) < 4.78 is 17.1. The van der Waals surface area contributed by atoms with Gasteiger partial charge in [0.15, 0.2) is 0 Å². The van der Waals surface area contributed by atoms with E-state index in [1.807, 2.05) is 6.07 Å². The number of benzene rings is 1.